The molecule has 0 radical (unpaired) electrons. The molecule has 0 amide bonds. The third kappa shape index (κ3) is 4.32. The van der Waals surface area contributed by atoms with E-state index in [0.717, 1.165) is 16.8 Å². The van der Waals surface area contributed by atoms with Gasteiger partial charge in [0.15, 0.2) is 5.78 Å². The maximum Gasteiger partial charge on any atom is 0.160 e. The van der Waals surface area contributed by atoms with Crippen LogP contribution in [0, 0.1) is 0 Å². The topological polar surface area (TPSA) is 29.5 Å². The highest BCUT2D eigenvalue weighted by atomic mass is 79.9. The van der Waals surface area contributed by atoms with Crippen molar-refractivity contribution >= 4 is 21.7 Å². The van der Waals surface area contributed by atoms with Crippen LogP contribution in [0.5, 0.6) is 5.75 Å². The van der Waals surface area contributed by atoms with Crippen LogP contribution in [0.4, 0.5) is 0 Å². The highest BCUT2D eigenvalue weighted by Crippen LogP contribution is 2.23. The maximum atomic E-state index is 11.3. The number of carbonyl (C=O) groups excluding carboxylic acids is 1. The largest absolute Gasteiger partial charge is 0.492 e. The first kappa shape index (κ1) is 14.5. The summed E-state index contributed by atoms with van der Waals surface area (Å²) in [6, 6.07) is 5.53. The molecule has 1 aliphatic heterocycles. The molecule has 1 aromatic carbocycles. The summed E-state index contributed by atoms with van der Waals surface area (Å²) >= 11 is 3.40. The second kappa shape index (κ2) is 7.06. The highest BCUT2D eigenvalue weighted by molar-refractivity contribution is 9.10. The molecule has 0 bridgehead atoms. The van der Waals surface area contributed by atoms with E-state index in [1.165, 1.54) is 32.4 Å². The van der Waals surface area contributed by atoms with E-state index >= 15 is 0 Å². The van der Waals surface area contributed by atoms with Crippen LogP contribution < -0.4 is 4.74 Å². The molecular formula is C15H20BrNO2. The maximum absolute atomic E-state index is 11.3. The van der Waals surface area contributed by atoms with Gasteiger partial charge in [0.05, 0.1) is 0 Å². The molecule has 1 saturated heterocycles. The van der Waals surface area contributed by atoms with Crippen LogP contribution in [0.15, 0.2) is 22.7 Å². The number of Topliss-reactive ketones (excluding diaryl/α,β-unsaturated/α-hetero) is 1. The molecule has 4 heteroatoms. The number of ketones is 1. The zero-order valence-electron chi connectivity index (χ0n) is 11.3. The second-order valence-electron chi connectivity index (χ2n) is 4.95. The Morgan fingerprint density at radius 3 is 2.68 bits per heavy atom. The Hall–Kier alpha value is -0.870. The van der Waals surface area contributed by atoms with Crippen LogP contribution in [-0.4, -0.2) is 36.9 Å². The van der Waals surface area contributed by atoms with Gasteiger partial charge < -0.3 is 4.74 Å². The molecule has 0 spiro atoms. The third-order valence-electron chi connectivity index (χ3n) is 3.44. The molecule has 3 nitrogen and oxygen atoms in total. The van der Waals surface area contributed by atoms with Gasteiger partial charge in [-0.2, -0.15) is 0 Å². The summed E-state index contributed by atoms with van der Waals surface area (Å²) in [5.41, 5.74) is 0.698. The van der Waals surface area contributed by atoms with Gasteiger partial charge >= 0.3 is 0 Å². The third-order valence-corrected chi connectivity index (χ3v) is 4.10. The number of ether oxygens (including phenoxy) is 1. The number of piperidine rings is 1. The summed E-state index contributed by atoms with van der Waals surface area (Å²) in [6.45, 7) is 5.63. The molecule has 1 aliphatic rings. The highest BCUT2D eigenvalue weighted by Gasteiger charge is 2.10. The molecule has 0 atom stereocenters. The number of hydrogen-bond acceptors (Lipinski definition) is 3. The van der Waals surface area contributed by atoms with E-state index in [1.54, 1.807) is 6.92 Å². The lowest BCUT2D eigenvalue weighted by Gasteiger charge is -2.26. The predicted molar refractivity (Wildman–Crippen MR) is 79.9 cm³/mol. The van der Waals surface area contributed by atoms with Gasteiger partial charge in [0.2, 0.25) is 0 Å². The standard InChI is InChI=1S/C15H20BrNO2/c1-12(18)14-6-5-13(11-15(14)16)19-10-9-17-7-3-2-4-8-17/h5-6,11H,2-4,7-10H2,1H3. The van der Waals surface area contributed by atoms with E-state index in [-0.39, 0.29) is 5.78 Å². The summed E-state index contributed by atoms with van der Waals surface area (Å²) in [4.78, 5) is 13.8. The van der Waals surface area contributed by atoms with Crippen molar-refractivity contribution in [2.24, 2.45) is 0 Å². The summed E-state index contributed by atoms with van der Waals surface area (Å²) in [5.74, 6) is 0.876. The molecule has 1 fully saturated rings. The van der Waals surface area contributed by atoms with Gasteiger partial charge in [-0.15, -0.1) is 0 Å². The van der Waals surface area contributed by atoms with Gasteiger partial charge in [-0.05, 0) is 67.0 Å². The number of likely N-dealkylation sites (tertiary alicyclic amines) is 1. The molecule has 0 aliphatic carbocycles. The van der Waals surface area contributed by atoms with Crippen LogP contribution in [0.1, 0.15) is 36.5 Å². The molecule has 0 N–H and O–H groups in total. The Labute approximate surface area is 123 Å². The molecule has 0 saturated carbocycles. The molecule has 1 heterocycles. The normalized spacial score (nSPS) is 16.3. The van der Waals surface area contributed by atoms with Crippen molar-refractivity contribution in [3.05, 3.63) is 28.2 Å². The van der Waals surface area contributed by atoms with Gasteiger partial charge in [0.1, 0.15) is 12.4 Å². The monoisotopic (exact) mass is 325 g/mol. The Morgan fingerprint density at radius 1 is 1.32 bits per heavy atom. The van der Waals surface area contributed by atoms with Crippen LogP contribution in [-0.2, 0) is 0 Å². The quantitative estimate of drug-likeness (QED) is 0.776. The Morgan fingerprint density at radius 2 is 2.05 bits per heavy atom. The van der Waals surface area contributed by atoms with Crippen molar-refractivity contribution in [3.8, 4) is 5.75 Å². The van der Waals surface area contributed by atoms with Gasteiger partial charge in [-0.1, -0.05) is 6.42 Å². The Bertz CT molecular complexity index is 442. The van der Waals surface area contributed by atoms with E-state index in [0.29, 0.717) is 12.2 Å². The lowest BCUT2D eigenvalue weighted by Crippen LogP contribution is -2.33. The lowest BCUT2D eigenvalue weighted by molar-refractivity contribution is 0.101. The molecule has 104 valence electrons. The number of hydrogen-bond donors (Lipinski definition) is 0. The van der Waals surface area contributed by atoms with E-state index in [4.69, 9.17) is 4.74 Å². The number of halogens is 1. The zero-order valence-corrected chi connectivity index (χ0v) is 12.9. The van der Waals surface area contributed by atoms with Gasteiger partial charge in [-0.25, -0.2) is 0 Å². The first-order chi connectivity index (χ1) is 9.16. The van der Waals surface area contributed by atoms with E-state index in [9.17, 15) is 4.79 Å². The van der Waals surface area contributed by atoms with Crippen LogP contribution in [0.3, 0.4) is 0 Å². The Balaban J connectivity index is 1.82. The van der Waals surface area contributed by atoms with Crippen molar-refractivity contribution < 1.29 is 9.53 Å². The van der Waals surface area contributed by atoms with Gasteiger partial charge in [-0.3, -0.25) is 9.69 Å². The van der Waals surface area contributed by atoms with E-state index in [2.05, 4.69) is 20.8 Å². The van der Waals surface area contributed by atoms with Crippen molar-refractivity contribution in [1.29, 1.82) is 0 Å². The van der Waals surface area contributed by atoms with Crippen LogP contribution >= 0.6 is 15.9 Å². The summed E-state index contributed by atoms with van der Waals surface area (Å²) in [6.07, 6.45) is 3.97. The molecule has 0 aromatic heterocycles. The van der Waals surface area contributed by atoms with E-state index < -0.39 is 0 Å². The number of benzene rings is 1. The van der Waals surface area contributed by atoms with Crippen molar-refractivity contribution in [2.45, 2.75) is 26.2 Å². The van der Waals surface area contributed by atoms with Crippen molar-refractivity contribution in [2.75, 3.05) is 26.2 Å². The molecule has 1 aromatic rings. The first-order valence-corrected chi connectivity index (χ1v) is 7.62. The molecule has 0 unspecified atom stereocenters. The fourth-order valence-electron chi connectivity index (χ4n) is 2.35. The molecular weight excluding hydrogens is 306 g/mol. The second-order valence-corrected chi connectivity index (χ2v) is 5.80. The average Bonchev–Trinajstić information content (AvgIpc) is 2.39. The summed E-state index contributed by atoms with van der Waals surface area (Å²) in [5, 5.41) is 0. The fraction of sp³-hybridized carbons (Fsp3) is 0.533. The van der Waals surface area contributed by atoms with Crippen LogP contribution in [0.25, 0.3) is 0 Å². The van der Waals surface area contributed by atoms with Crippen LogP contribution in [0.2, 0.25) is 0 Å². The zero-order chi connectivity index (χ0) is 13.7. The van der Waals surface area contributed by atoms with Gasteiger partial charge in [0.25, 0.3) is 0 Å². The predicted octanol–water partition coefficient (Wildman–Crippen LogP) is 3.52. The smallest absolute Gasteiger partial charge is 0.160 e. The summed E-state index contributed by atoms with van der Waals surface area (Å²) < 4.78 is 6.54. The minimum Gasteiger partial charge on any atom is -0.492 e. The summed E-state index contributed by atoms with van der Waals surface area (Å²) in [7, 11) is 0. The molecule has 2 rings (SSSR count). The van der Waals surface area contributed by atoms with Crippen molar-refractivity contribution in [1.82, 2.24) is 4.90 Å². The van der Waals surface area contributed by atoms with Gasteiger partial charge in [0, 0.05) is 16.6 Å². The average molecular weight is 326 g/mol. The van der Waals surface area contributed by atoms with E-state index in [1.807, 2.05) is 18.2 Å². The molecule has 19 heavy (non-hydrogen) atoms. The fourth-order valence-corrected chi connectivity index (χ4v) is 2.98. The number of rotatable bonds is 5. The number of nitrogens with zero attached hydrogens (tertiary/aromatic N) is 1. The van der Waals surface area contributed by atoms with Crippen molar-refractivity contribution in [3.63, 3.8) is 0 Å². The Kier molecular flexibility index (Phi) is 5.40. The lowest BCUT2D eigenvalue weighted by atomic mass is 10.1. The minimum atomic E-state index is 0.0618. The minimum absolute atomic E-state index is 0.0618. The SMILES string of the molecule is CC(=O)c1ccc(OCCN2CCCCC2)cc1Br. The number of carbonyl (C=O) groups is 1. The first-order valence-electron chi connectivity index (χ1n) is 6.82.